The Morgan fingerprint density at radius 1 is 1.41 bits per heavy atom. The number of carbonyl (C=O) groups is 1. The highest BCUT2D eigenvalue weighted by atomic mass is 16.2. The van der Waals surface area contributed by atoms with Crippen LogP contribution in [0.4, 0.5) is 5.69 Å². The van der Waals surface area contributed by atoms with Crippen LogP contribution in [0.25, 0.3) is 0 Å². The molecule has 0 saturated heterocycles. The van der Waals surface area contributed by atoms with Crippen molar-refractivity contribution in [3.63, 3.8) is 0 Å². The van der Waals surface area contributed by atoms with Crippen LogP contribution in [-0.2, 0) is 11.2 Å². The van der Waals surface area contributed by atoms with Crippen molar-refractivity contribution < 1.29 is 4.79 Å². The van der Waals surface area contributed by atoms with Gasteiger partial charge < -0.3 is 10.2 Å². The Morgan fingerprint density at radius 3 is 2.82 bits per heavy atom. The summed E-state index contributed by atoms with van der Waals surface area (Å²) >= 11 is 0. The molecule has 2 atom stereocenters. The van der Waals surface area contributed by atoms with Gasteiger partial charge in [-0.25, -0.2) is 0 Å². The lowest BCUT2D eigenvalue weighted by atomic mass is 9.96. The highest BCUT2D eigenvalue weighted by Crippen LogP contribution is 2.39. The summed E-state index contributed by atoms with van der Waals surface area (Å²) in [6.45, 7) is 4.33. The summed E-state index contributed by atoms with van der Waals surface area (Å²) in [5.41, 5.74) is 1.75. The largest absolute Gasteiger partial charge is 0.359 e. The molecule has 2 aliphatic rings. The number of aryl methyl sites for hydroxylation is 1. The normalized spacial score (nSPS) is 23.1. The fourth-order valence-electron chi connectivity index (χ4n) is 3.37. The molecule has 4 heteroatoms. The summed E-state index contributed by atoms with van der Waals surface area (Å²) < 4.78 is 0. The summed E-state index contributed by atoms with van der Waals surface area (Å²) in [6.07, 6.45) is 4.19. The molecule has 1 heterocycles. The topological polar surface area (TPSA) is 56.1 Å². The van der Waals surface area contributed by atoms with Gasteiger partial charge in [-0.1, -0.05) is 18.2 Å². The summed E-state index contributed by atoms with van der Waals surface area (Å²) in [6, 6.07) is 10.9. The van der Waals surface area contributed by atoms with Crippen LogP contribution in [0.15, 0.2) is 24.3 Å². The van der Waals surface area contributed by atoms with Gasteiger partial charge in [-0.15, -0.1) is 0 Å². The third-order valence-electron chi connectivity index (χ3n) is 5.00. The molecule has 4 nitrogen and oxygen atoms in total. The van der Waals surface area contributed by atoms with E-state index >= 15 is 0 Å². The first kappa shape index (κ1) is 14.9. The molecule has 116 valence electrons. The van der Waals surface area contributed by atoms with E-state index in [4.69, 9.17) is 0 Å². The summed E-state index contributed by atoms with van der Waals surface area (Å²) in [7, 11) is 0. The molecule has 1 aromatic carbocycles. The minimum atomic E-state index is -0.713. The van der Waals surface area contributed by atoms with Crippen LogP contribution in [0, 0.1) is 17.2 Å². The van der Waals surface area contributed by atoms with Gasteiger partial charge in [0.25, 0.3) is 0 Å². The molecular weight excluding hydrogens is 274 g/mol. The average Bonchev–Trinajstić information content (AvgIpc) is 3.35. The molecule has 0 spiro atoms. The van der Waals surface area contributed by atoms with E-state index in [-0.39, 0.29) is 5.91 Å². The standard InChI is InChI=1S/C18H23N3O/c1-13-7-8-14-5-3-4-6-16(14)21(13)11-17(22)20-18(2,12-19)15-9-10-15/h3-6,13,15H,7-11H2,1-2H3,(H,20,22)/t13-,18-/m0/s1. The molecule has 1 aliphatic carbocycles. The molecule has 1 aliphatic heterocycles. The highest BCUT2D eigenvalue weighted by Gasteiger charge is 2.43. The van der Waals surface area contributed by atoms with Crippen LogP contribution in [-0.4, -0.2) is 24.0 Å². The van der Waals surface area contributed by atoms with Crippen LogP contribution in [0.1, 0.15) is 38.7 Å². The van der Waals surface area contributed by atoms with E-state index in [0.717, 1.165) is 31.4 Å². The van der Waals surface area contributed by atoms with Crippen molar-refractivity contribution in [1.82, 2.24) is 5.32 Å². The smallest absolute Gasteiger partial charge is 0.240 e. The number of anilines is 1. The number of fused-ring (bicyclic) bond motifs is 1. The van der Waals surface area contributed by atoms with Crippen molar-refractivity contribution in [2.45, 2.75) is 51.1 Å². The molecule has 0 aromatic heterocycles. The maximum absolute atomic E-state index is 12.5. The minimum absolute atomic E-state index is 0.0560. The van der Waals surface area contributed by atoms with Gasteiger partial charge in [0.15, 0.2) is 0 Å². The molecule has 1 fully saturated rings. The van der Waals surface area contributed by atoms with Gasteiger partial charge in [-0.05, 0) is 57.1 Å². The van der Waals surface area contributed by atoms with Crippen LogP contribution < -0.4 is 10.2 Å². The Bertz CT molecular complexity index is 617. The number of benzene rings is 1. The Labute approximate surface area is 132 Å². The Morgan fingerprint density at radius 2 is 2.14 bits per heavy atom. The molecule has 1 saturated carbocycles. The number of para-hydroxylation sites is 1. The van der Waals surface area contributed by atoms with E-state index in [9.17, 15) is 10.1 Å². The third kappa shape index (κ3) is 2.81. The van der Waals surface area contributed by atoms with E-state index in [1.807, 2.05) is 19.1 Å². The van der Waals surface area contributed by atoms with E-state index in [1.54, 1.807) is 0 Å². The monoisotopic (exact) mass is 297 g/mol. The lowest BCUT2D eigenvalue weighted by Gasteiger charge is -2.37. The number of nitrogens with one attached hydrogen (secondary N) is 1. The van der Waals surface area contributed by atoms with Crippen molar-refractivity contribution in [3.05, 3.63) is 29.8 Å². The zero-order chi connectivity index (χ0) is 15.7. The number of amides is 1. The predicted molar refractivity (Wildman–Crippen MR) is 86.5 cm³/mol. The lowest BCUT2D eigenvalue weighted by Crippen LogP contribution is -2.52. The predicted octanol–water partition coefficient (Wildman–Crippen LogP) is 2.64. The molecule has 0 radical (unpaired) electrons. The van der Waals surface area contributed by atoms with Crippen LogP contribution in [0.5, 0.6) is 0 Å². The maximum Gasteiger partial charge on any atom is 0.240 e. The van der Waals surface area contributed by atoms with Crippen LogP contribution in [0.2, 0.25) is 0 Å². The molecule has 3 rings (SSSR count). The second kappa shape index (κ2) is 5.64. The Kier molecular flexibility index (Phi) is 3.82. The molecule has 1 aromatic rings. The van der Waals surface area contributed by atoms with E-state index in [2.05, 4.69) is 35.3 Å². The van der Waals surface area contributed by atoms with E-state index < -0.39 is 5.54 Å². The van der Waals surface area contributed by atoms with Gasteiger partial charge in [0.1, 0.15) is 5.54 Å². The maximum atomic E-state index is 12.5. The van der Waals surface area contributed by atoms with E-state index in [1.165, 1.54) is 5.56 Å². The van der Waals surface area contributed by atoms with Gasteiger partial charge >= 0.3 is 0 Å². The average molecular weight is 297 g/mol. The SMILES string of the molecule is C[C@H]1CCc2ccccc2N1CC(=O)N[C@@](C)(C#N)C1CC1. The highest BCUT2D eigenvalue weighted by molar-refractivity contribution is 5.83. The van der Waals surface area contributed by atoms with Crippen LogP contribution in [0.3, 0.4) is 0 Å². The van der Waals surface area contributed by atoms with Crippen molar-refractivity contribution in [3.8, 4) is 6.07 Å². The first-order chi connectivity index (χ1) is 10.5. The number of nitriles is 1. The molecule has 0 bridgehead atoms. The molecular formula is C18H23N3O. The van der Waals surface area contributed by atoms with Crippen LogP contribution >= 0.6 is 0 Å². The van der Waals surface area contributed by atoms with Gasteiger partial charge in [0.2, 0.25) is 5.91 Å². The number of hydrogen-bond donors (Lipinski definition) is 1. The molecule has 0 unspecified atom stereocenters. The summed E-state index contributed by atoms with van der Waals surface area (Å²) in [4.78, 5) is 14.6. The molecule has 1 amide bonds. The van der Waals surface area contributed by atoms with Gasteiger partial charge in [0, 0.05) is 11.7 Å². The summed E-state index contributed by atoms with van der Waals surface area (Å²) in [5.74, 6) is 0.256. The van der Waals surface area contributed by atoms with Gasteiger partial charge in [-0.2, -0.15) is 5.26 Å². The number of rotatable bonds is 4. The van der Waals surface area contributed by atoms with Crippen molar-refractivity contribution in [2.24, 2.45) is 5.92 Å². The summed E-state index contributed by atoms with van der Waals surface area (Å²) in [5, 5.41) is 12.3. The fourth-order valence-corrected chi connectivity index (χ4v) is 3.37. The zero-order valence-corrected chi connectivity index (χ0v) is 13.3. The van der Waals surface area contributed by atoms with Gasteiger partial charge in [0.05, 0.1) is 12.6 Å². The molecule has 22 heavy (non-hydrogen) atoms. The second-order valence-corrected chi connectivity index (χ2v) is 6.78. The van der Waals surface area contributed by atoms with Crippen molar-refractivity contribution >= 4 is 11.6 Å². The Hall–Kier alpha value is -2.02. The number of carbonyl (C=O) groups excluding carboxylic acids is 1. The number of hydrogen-bond acceptors (Lipinski definition) is 3. The Balaban J connectivity index is 1.72. The quantitative estimate of drug-likeness (QED) is 0.929. The minimum Gasteiger partial charge on any atom is -0.359 e. The van der Waals surface area contributed by atoms with Crippen molar-refractivity contribution in [1.29, 1.82) is 5.26 Å². The number of nitrogens with zero attached hydrogens (tertiary/aromatic N) is 2. The third-order valence-corrected chi connectivity index (χ3v) is 5.00. The zero-order valence-electron chi connectivity index (χ0n) is 13.3. The lowest BCUT2D eigenvalue weighted by molar-refractivity contribution is -0.121. The van der Waals surface area contributed by atoms with Gasteiger partial charge in [-0.3, -0.25) is 4.79 Å². The second-order valence-electron chi connectivity index (χ2n) is 6.78. The first-order valence-corrected chi connectivity index (χ1v) is 8.10. The molecule has 1 N–H and O–H groups in total. The first-order valence-electron chi connectivity index (χ1n) is 8.10. The fraction of sp³-hybridized carbons (Fsp3) is 0.556. The van der Waals surface area contributed by atoms with Crippen molar-refractivity contribution in [2.75, 3.05) is 11.4 Å². The van der Waals surface area contributed by atoms with E-state index in [0.29, 0.717) is 18.5 Å².